The Balaban J connectivity index is 1.59. The molecule has 31 heavy (non-hydrogen) atoms. The third kappa shape index (κ3) is 4.54. The molecular weight excluding hydrogens is 410 g/mol. The number of hydrogen-bond donors (Lipinski definition) is 1. The summed E-state index contributed by atoms with van der Waals surface area (Å²) in [4.78, 5) is 19.6. The molecule has 0 radical (unpaired) electrons. The number of halogens is 1. The first kappa shape index (κ1) is 21.6. The van der Waals surface area contributed by atoms with Crippen LogP contribution in [0.1, 0.15) is 44.0 Å². The van der Waals surface area contributed by atoms with Crippen molar-refractivity contribution in [1.82, 2.24) is 19.9 Å². The van der Waals surface area contributed by atoms with Gasteiger partial charge in [0.1, 0.15) is 5.82 Å². The largest absolute Gasteiger partial charge is 0.356 e. The summed E-state index contributed by atoms with van der Waals surface area (Å²) in [5.41, 5.74) is 4.84. The number of hydrogen-bond acceptors (Lipinski definition) is 4. The normalized spacial score (nSPS) is 14.9. The summed E-state index contributed by atoms with van der Waals surface area (Å²) in [5, 5.41) is 8.63. The number of aryl methyl sites for hydroxylation is 2. The molecule has 1 aliphatic heterocycles. The van der Waals surface area contributed by atoms with Gasteiger partial charge in [0, 0.05) is 47.9 Å². The Morgan fingerprint density at radius 1 is 1.19 bits per heavy atom. The second-order valence-electron chi connectivity index (χ2n) is 8.36. The molecular formula is C24H30ClN5O. The Morgan fingerprint density at radius 3 is 2.58 bits per heavy atom. The van der Waals surface area contributed by atoms with Gasteiger partial charge in [0.15, 0.2) is 5.65 Å². The van der Waals surface area contributed by atoms with Crippen molar-refractivity contribution in [2.45, 2.75) is 46.5 Å². The summed E-state index contributed by atoms with van der Waals surface area (Å²) in [6.45, 7) is 8.62. The van der Waals surface area contributed by atoms with E-state index >= 15 is 0 Å². The highest BCUT2D eigenvalue weighted by atomic mass is 35.5. The van der Waals surface area contributed by atoms with Gasteiger partial charge in [-0.05, 0) is 50.8 Å². The smallest absolute Gasteiger partial charge is 0.223 e. The lowest BCUT2D eigenvalue weighted by molar-refractivity contribution is -0.125. The average molecular weight is 440 g/mol. The lowest BCUT2D eigenvalue weighted by Crippen LogP contribution is -2.41. The van der Waals surface area contributed by atoms with E-state index in [-0.39, 0.29) is 11.8 Å². The number of unbranched alkanes of at least 4 members (excludes halogenated alkanes) is 1. The maximum absolute atomic E-state index is 12.4. The number of nitrogens with one attached hydrogen (secondary N) is 1. The van der Waals surface area contributed by atoms with E-state index in [0.29, 0.717) is 5.02 Å². The van der Waals surface area contributed by atoms with Crippen molar-refractivity contribution in [1.29, 1.82) is 0 Å². The maximum Gasteiger partial charge on any atom is 0.223 e. The van der Waals surface area contributed by atoms with Crippen LogP contribution in [-0.2, 0) is 4.79 Å². The van der Waals surface area contributed by atoms with Crippen LogP contribution in [0.5, 0.6) is 0 Å². The van der Waals surface area contributed by atoms with E-state index in [1.165, 1.54) is 0 Å². The summed E-state index contributed by atoms with van der Waals surface area (Å²) in [7, 11) is 0. The van der Waals surface area contributed by atoms with E-state index in [2.05, 4.69) is 23.2 Å². The van der Waals surface area contributed by atoms with Crippen molar-refractivity contribution in [3.63, 3.8) is 0 Å². The molecule has 1 aromatic carbocycles. The molecule has 1 aliphatic rings. The highest BCUT2D eigenvalue weighted by Gasteiger charge is 2.27. The van der Waals surface area contributed by atoms with E-state index in [9.17, 15) is 4.79 Å². The SMILES string of the molecule is CCCCNC(=O)C1CCN(c2cc(C)nc3c(-c4ccc(Cl)cc4)c(C)nn23)CC1. The highest BCUT2D eigenvalue weighted by molar-refractivity contribution is 6.30. The molecule has 6 nitrogen and oxygen atoms in total. The molecule has 0 bridgehead atoms. The summed E-state index contributed by atoms with van der Waals surface area (Å²) in [6.07, 6.45) is 3.83. The van der Waals surface area contributed by atoms with Gasteiger partial charge in [0.2, 0.25) is 5.91 Å². The van der Waals surface area contributed by atoms with Gasteiger partial charge in [-0.2, -0.15) is 9.61 Å². The Bertz CT molecular complexity index is 1070. The van der Waals surface area contributed by atoms with Gasteiger partial charge < -0.3 is 10.2 Å². The van der Waals surface area contributed by atoms with Crippen LogP contribution in [0.25, 0.3) is 16.8 Å². The molecule has 1 saturated heterocycles. The van der Waals surface area contributed by atoms with Crippen molar-refractivity contribution in [2.24, 2.45) is 5.92 Å². The van der Waals surface area contributed by atoms with E-state index in [1.807, 2.05) is 42.6 Å². The molecule has 2 aromatic heterocycles. The summed E-state index contributed by atoms with van der Waals surface area (Å²) in [5.74, 6) is 1.33. The molecule has 0 saturated carbocycles. The number of benzene rings is 1. The fourth-order valence-corrected chi connectivity index (χ4v) is 4.43. The molecule has 3 aromatic rings. The van der Waals surface area contributed by atoms with Crippen LogP contribution in [0.2, 0.25) is 5.02 Å². The van der Waals surface area contributed by atoms with Gasteiger partial charge in [-0.1, -0.05) is 37.1 Å². The maximum atomic E-state index is 12.4. The van der Waals surface area contributed by atoms with Gasteiger partial charge >= 0.3 is 0 Å². The molecule has 1 amide bonds. The fraction of sp³-hybridized carbons (Fsp3) is 0.458. The fourth-order valence-electron chi connectivity index (χ4n) is 4.31. The molecule has 1 fully saturated rings. The van der Waals surface area contributed by atoms with Gasteiger partial charge in [0.25, 0.3) is 0 Å². The monoisotopic (exact) mass is 439 g/mol. The first-order valence-electron chi connectivity index (χ1n) is 11.1. The number of fused-ring (bicyclic) bond motifs is 1. The van der Waals surface area contributed by atoms with E-state index in [4.69, 9.17) is 21.7 Å². The standard InChI is InChI=1S/C24H30ClN5O/c1-4-5-12-26-24(31)19-10-13-29(14-11-19)21-15-16(2)27-23-22(17(3)28-30(21)23)18-6-8-20(25)9-7-18/h6-9,15,19H,4-5,10-14H2,1-3H3,(H,26,31). The Kier molecular flexibility index (Phi) is 6.46. The van der Waals surface area contributed by atoms with Crippen molar-refractivity contribution < 1.29 is 4.79 Å². The van der Waals surface area contributed by atoms with Crippen LogP contribution >= 0.6 is 11.6 Å². The predicted octanol–water partition coefficient (Wildman–Crippen LogP) is 4.80. The van der Waals surface area contributed by atoms with Crippen LogP contribution in [0, 0.1) is 19.8 Å². The zero-order valence-electron chi connectivity index (χ0n) is 18.5. The minimum atomic E-state index is 0.0931. The Morgan fingerprint density at radius 2 is 1.90 bits per heavy atom. The van der Waals surface area contributed by atoms with Crippen LogP contribution in [0.3, 0.4) is 0 Å². The number of anilines is 1. The topological polar surface area (TPSA) is 62.5 Å². The van der Waals surface area contributed by atoms with E-state index < -0.39 is 0 Å². The minimum absolute atomic E-state index is 0.0931. The summed E-state index contributed by atoms with van der Waals surface area (Å²) >= 11 is 6.08. The second-order valence-corrected chi connectivity index (χ2v) is 8.80. The lowest BCUT2D eigenvalue weighted by Gasteiger charge is -2.33. The second kappa shape index (κ2) is 9.27. The molecule has 3 heterocycles. The average Bonchev–Trinajstić information content (AvgIpc) is 3.09. The van der Waals surface area contributed by atoms with Crippen LogP contribution in [-0.4, -0.2) is 40.1 Å². The van der Waals surface area contributed by atoms with Crippen LogP contribution in [0.15, 0.2) is 30.3 Å². The third-order valence-electron chi connectivity index (χ3n) is 6.03. The van der Waals surface area contributed by atoms with Gasteiger partial charge in [0.05, 0.1) is 5.69 Å². The van der Waals surface area contributed by atoms with Crippen LogP contribution < -0.4 is 10.2 Å². The van der Waals surface area contributed by atoms with E-state index in [1.54, 1.807) is 0 Å². The zero-order chi connectivity index (χ0) is 22.0. The highest BCUT2D eigenvalue weighted by Crippen LogP contribution is 2.32. The molecule has 0 unspecified atom stereocenters. The molecule has 0 aliphatic carbocycles. The van der Waals surface area contributed by atoms with Gasteiger partial charge in [-0.15, -0.1) is 0 Å². The first-order chi connectivity index (χ1) is 15.0. The van der Waals surface area contributed by atoms with Crippen molar-refractivity contribution >= 4 is 29.0 Å². The molecule has 1 N–H and O–H groups in total. The Labute approximate surface area is 188 Å². The number of piperidine rings is 1. The first-order valence-corrected chi connectivity index (χ1v) is 11.5. The quantitative estimate of drug-likeness (QED) is 0.560. The lowest BCUT2D eigenvalue weighted by atomic mass is 9.96. The summed E-state index contributed by atoms with van der Waals surface area (Å²) in [6, 6.07) is 9.91. The zero-order valence-corrected chi connectivity index (χ0v) is 19.2. The molecule has 164 valence electrons. The molecule has 0 atom stereocenters. The number of aromatic nitrogens is 3. The Hall–Kier alpha value is -2.60. The minimum Gasteiger partial charge on any atom is -0.356 e. The van der Waals surface area contributed by atoms with Crippen LogP contribution in [0.4, 0.5) is 5.82 Å². The summed E-state index contributed by atoms with van der Waals surface area (Å²) < 4.78 is 1.95. The number of nitrogens with zero attached hydrogens (tertiary/aromatic N) is 4. The van der Waals surface area contributed by atoms with Gasteiger partial charge in [-0.3, -0.25) is 4.79 Å². The third-order valence-corrected chi connectivity index (χ3v) is 6.28. The number of rotatable bonds is 6. The van der Waals surface area contributed by atoms with Crippen molar-refractivity contribution in [2.75, 3.05) is 24.5 Å². The molecule has 0 spiro atoms. The molecule has 7 heteroatoms. The number of carbonyl (C=O) groups is 1. The molecule has 4 rings (SSSR count). The van der Waals surface area contributed by atoms with Gasteiger partial charge in [-0.25, -0.2) is 4.98 Å². The predicted molar refractivity (Wildman–Crippen MR) is 126 cm³/mol. The van der Waals surface area contributed by atoms with Crippen molar-refractivity contribution in [3.05, 3.63) is 46.7 Å². The van der Waals surface area contributed by atoms with Crippen molar-refractivity contribution in [3.8, 4) is 11.1 Å². The number of carbonyl (C=O) groups excluding carboxylic acids is 1. The van der Waals surface area contributed by atoms with E-state index in [0.717, 1.165) is 79.3 Å². The number of amides is 1.